The molecule has 1 N–H and O–H groups in total. The second kappa shape index (κ2) is 8.38. The third-order valence-electron chi connectivity index (χ3n) is 5.35. The number of anilines is 1. The topological polar surface area (TPSA) is 56.2 Å². The van der Waals surface area contributed by atoms with E-state index in [1.807, 2.05) is 37.8 Å². The molecule has 2 aliphatic heterocycles. The molecule has 2 aliphatic rings. The molecule has 0 unspecified atom stereocenters. The fourth-order valence-electron chi connectivity index (χ4n) is 3.87. The number of carbonyl (C=O) groups excluding carboxylic acids is 1. The van der Waals surface area contributed by atoms with Gasteiger partial charge in [-0.15, -0.1) is 0 Å². The Balaban J connectivity index is 1.40. The molecule has 2 fully saturated rings. The van der Waals surface area contributed by atoms with Gasteiger partial charge in [0, 0.05) is 57.6 Å². The second-order valence-corrected chi connectivity index (χ2v) is 8.72. The van der Waals surface area contributed by atoms with E-state index in [0.29, 0.717) is 11.7 Å². The molecule has 6 heteroatoms. The molecule has 0 aliphatic carbocycles. The average Bonchev–Trinajstić information content (AvgIpc) is 2.61. The van der Waals surface area contributed by atoms with Gasteiger partial charge >= 0.3 is 6.09 Å². The molecule has 2 heterocycles. The highest BCUT2D eigenvalue weighted by Crippen LogP contribution is 2.24. The van der Waals surface area contributed by atoms with Crippen LogP contribution in [0.15, 0.2) is 24.3 Å². The summed E-state index contributed by atoms with van der Waals surface area (Å²) in [5, 5.41) is 9.66. The lowest BCUT2D eigenvalue weighted by Crippen LogP contribution is -2.49. The second-order valence-electron chi connectivity index (χ2n) is 8.72. The van der Waals surface area contributed by atoms with Crippen LogP contribution in [0.3, 0.4) is 0 Å². The first-order valence-corrected chi connectivity index (χ1v) is 10.0. The number of rotatable bonds is 3. The molecule has 2 saturated heterocycles. The van der Waals surface area contributed by atoms with Gasteiger partial charge < -0.3 is 19.6 Å². The van der Waals surface area contributed by atoms with Gasteiger partial charge in [0.2, 0.25) is 0 Å². The number of benzene rings is 1. The third kappa shape index (κ3) is 5.76. The van der Waals surface area contributed by atoms with Gasteiger partial charge in [0.1, 0.15) is 11.4 Å². The van der Waals surface area contributed by atoms with Gasteiger partial charge in [-0.3, -0.25) is 4.90 Å². The highest BCUT2D eigenvalue weighted by Gasteiger charge is 2.28. The number of piperazine rings is 1. The lowest BCUT2D eigenvalue weighted by molar-refractivity contribution is 0.0169. The lowest BCUT2D eigenvalue weighted by atomic mass is 9.96. The maximum absolute atomic E-state index is 12.2. The van der Waals surface area contributed by atoms with Crippen molar-refractivity contribution >= 4 is 11.8 Å². The summed E-state index contributed by atoms with van der Waals surface area (Å²) >= 11 is 0. The van der Waals surface area contributed by atoms with E-state index in [9.17, 15) is 9.90 Å². The van der Waals surface area contributed by atoms with E-state index in [4.69, 9.17) is 4.74 Å². The maximum atomic E-state index is 12.2. The summed E-state index contributed by atoms with van der Waals surface area (Å²) in [6.45, 7) is 12.5. The average molecular weight is 376 g/mol. The van der Waals surface area contributed by atoms with Crippen molar-refractivity contribution < 1.29 is 14.6 Å². The number of hydrogen-bond acceptors (Lipinski definition) is 5. The van der Waals surface area contributed by atoms with Gasteiger partial charge in [0.25, 0.3) is 0 Å². The molecule has 1 amide bonds. The zero-order valence-corrected chi connectivity index (χ0v) is 16.9. The van der Waals surface area contributed by atoms with Crippen molar-refractivity contribution in [3.05, 3.63) is 24.3 Å². The van der Waals surface area contributed by atoms with Crippen LogP contribution < -0.4 is 4.90 Å². The van der Waals surface area contributed by atoms with Crippen molar-refractivity contribution in [2.45, 2.75) is 39.2 Å². The Labute approximate surface area is 162 Å². The zero-order chi connectivity index (χ0) is 19.4. The van der Waals surface area contributed by atoms with Gasteiger partial charge in [-0.25, -0.2) is 4.79 Å². The molecule has 6 nitrogen and oxygen atoms in total. The van der Waals surface area contributed by atoms with Gasteiger partial charge in [0.15, 0.2) is 0 Å². The van der Waals surface area contributed by atoms with Crippen LogP contribution in [0.1, 0.15) is 33.6 Å². The first-order valence-electron chi connectivity index (χ1n) is 10.0. The largest absolute Gasteiger partial charge is 0.508 e. The minimum atomic E-state index is -0.427. The fraction of sp³-hybridized carbons (Fsp3) is 0.667. The van der Waals surface area contributed by atoms with E-state index in [2.05, 4.69) is 15.9 Å². The first-order chi connectivity index (χ1) is 12.8. The van der Waals surface area contributed by atoms with Crippen LogP contribution in [-0.2, 0) is 4.74 Å². The fourth-order valence-corrected chi connectivity index (χ4v) is 3.87. The summed E-state index contributed by atoms with van der Waals surface area (Å²) in [6.07, 6.45) is 1.92. The summed E-state index contributed by atoms with van der Waals surface area (Å²) in [6, 6.07) is 7.50. The van der Waals surface area contributed by atoms with Crippen molar-refractivity contribution in [3.8, 4) is 5.75 Å². The van der Waals surface area contributed by atoms with Crippen LogP contribution in [0.25, 0.3) is 0 Å². The number of piperidine rings is 1. The van der Waals surface area contributed by atoms with Gasteiger partial charge in [-0.1, -0.05) is 6.07 Å². The molecule has 150 valence electrons. The van der Waals surface area contributed by atoms with Crippen LogP contribution in [0.2, 0.25) is 0 Å². The molecule has 3 rings (SSSR count). The Kier molecular flexibility index (Phi) is 6.15. The molecular formula is C21H33N3O3. The monoisotopic (exact) mass is 375 g/mol. The number of amides is 1. The normalized spacial score (nSPS) is 20.0. The smallest absolute Gasteiger partial charge is 0.410 e. The number of phenolic OH excluding ortho intramolecular Hbond substituents is 1. The van der Waals surface area contributed by atoms with Crippen LogP contribution in [-0.4, -0.2) is 72.4 Å². The van der Waals surface area contributed by atoms with Gasteiger partial charge in [0.05, 0.1) is 0 Å². The number of phenols is 1. The predicted octanol–water partition coefficient (Wildman–Crippen LogP) is 3.16. The maximum Gasteiger partial charge on any atom is 0.410 e. The summed E-state index contributed by atoms with van der Waals surface area (Å²) < 4.78 is 5.48. The Morgan fingerprint density at radius 2 is 1.78 bits per heavy atom. The quantitative estimate of drug-likeness (QED) is 0.879. The molecule has 0 radical (unpaired) electrons. The van der Waals surface area contributed by atoms with Crippen LogP contribution >= 0.6 is 0 Å². The molecule has 0 saturated carbocycles. The summed E-state index contributed by atoms with van der Waals surface area (Å²) in [7, 11) is 0. The van der Waals surface area contributed by atoms with Gasteiger partial charge in [-0.2, -0.15) is 0 Å². The standard InChI is InChI=1S/C21H33N3O3/c1-21(2,3)27-20(26)24-9-7-17(8-10-24)16-22-11-13-23(14-12-22)18-5-4-6-19(25)15-18/h4-6,15,17,25H,7-14,16H2,1-3H3. The van der Waals surface area contributed by atoms with E-state index in [1.165, 1.54) is 0 Å². The summed E-state index contributed by atoms with van der Waals surface area (Å²) in [5.41, 5.74) is 0.670. The summed E-state index contributed by atoms with van der Waals surface area (Å²) in [4.78, 5) is 18.9. The van der Waals surface area contributed by atoms with E-state index < -0.39 is 5.60 Å². The Bertz CT molecular complexity index is 628. The van der Waals surface area contributed by atoms with Crippen molar-refractivity contribution in [1.82, 2.24) is 9.80 Å². The third-order valence-corrected chi connectivity index (χ3v) is 5.35. The number of carbonyl (C=O) groups is 1. The predicted molar refractivity (Wildman–Crippen MR) is 107 cm³/mol. The SMILES string of the molecule is CC(C)(C)OC(=O)N1CCC(CN2CCN(c3cccc(O)c3)CC2)CC1. The molecular weight excluding hydrogens is 342 g/mol. The minimum Gasteiger partial charge on any atom is -0.508 e. The summed E-state index contributed by atoms with van der Waals surface area (Å²) in [5.74, 6) is 0.975. The van der Waals surface area contributed by atoms with E-state index in [1.54, 1.807) is 6.07 Å². The van der Waals surface area contributed by atoms with Crippen molar-refractivity contribution in [2.75, 3.05) is 50.7 Å². The van der Waals surface area contributed by atoms with Gasteiger partial charge in [-0.05, 0) is 51.7 Å². The molecule has 27 heavy (non-hydrogen) atoms. The molecule has 0 bridgehead atoms. The minimum absolute atomic E-state index is 0.180. The van der Waals surface area contributed by atoms with Crippen molar-refractivity contribution in [1.29, 1.82) is 0 Å². The van der Waals surface area contributed by atoms with Crippen molar-refractivity contribution in [2.24, 2.45) is 5.92 Å². The Morgan fingerprint density at radius 3 is 2.37 bits per heavy atom. The Morgan fingerprint density at radius 1 is 1.11 bits per heavy atom. The Hall–Kier alpha value is -1.95. The molecule has 0 aromatic heterocycles. The number of nitrogens with zero attached hydrogens (tertiary/aromatic N) is 3. The first kappa shape index (κ1) is 19.8. The molecule has 1 aromatic carbocycles. The van der Waals surface area contributed by atoms with E-state index >= 15 is 0 Å². The molecule has 0 spiro atoms. The number of hydrogen-bond donors (Lipinski definition) is 1. The van der Waals surface area contributed by atoms with E-state index in [0.717, 1.165) is 64.3 Å². The molecule has 0 atom stereocenters. The van der Waals surface area contributed by atoms with Crippen LogP contribution in [0, 0.1) is 5.92 Å². The van der Waals surface area contributed by atoms with E-state index in [-0.39, 0.29) is 6.09 Å². The number of likely N-dealkylation sites (tertiary alicyclic amines) is 1. The number of ether oxygens (including phenoxy) is 1. The molecule has 1 aromatic rings. The van der Waals surface area contributed by atoms with Crippen LogP contribution in [0.5, 0.6) is 5.75 Å². The lowest BCUT2D eigenvalue weighted by Gasteiger charge is -2.39. The van der Waals surface area contributed by atoms with Crippen LogP contribution in [0.4, 0.5) is 10.5 Å². The zero-order valence-electron chi connectivity index (χ0n) is 16.9. The number of aromatic hydroxyl groups is 1. The highest BCUT2D eigenvalue weighted by atomic mass is 16.6. The van der Waals surface area contributed by atoms with Crippen molar-refractivity contribution in [3.63, 3.8) is 0 Å². The highest BCUT2D eigenvalue weighted by molar-refractivity contribution is 5.68.